The fraction of sp³-hybridized carbons (Fsp3) is 0.286. The molecule has 1 heterocycles. The second-order valence-corrected chi connectivity index (χ2v) is 3.71. The molecule has 0 saturated heterocycles. The Kier molecular flexibility index (Phi) is 3.65. The van der Waals surface area contributed by atoms with Crippen LogP contribution in [0.1, 0.15) is 19.8 Å². The summed E-state index contributed by atoms with van der Waals surface area (Å²) in [6.45, 7) is 2.93. The highest BCUT2D eigenvalue weighted by Gasteiger charge is 2.01. The third-order valence-electron chi connectivity index (χ3n) is 2.41. The van der Waals surface area contributed by atoms with Gasteiger partial charge < -0.3 is 9.15 Å². The number of benzene rings is 1. The summed E-state index contributed by atoms with van der Waals surface area (Å²) in [6, 6.07) is 11.8. The van der Waals surface area contributed by atoms with Crippen LogP contribution in [-0.4, -0.2) is 6.61 Å². The highest BCUT2D eigenvalue weighted by atomic mass is 16.5. The Balaban J connectivity index is 2.08. The molecule has 1 aromatic carbocycles. The molecule has 2 nitrogen and oxygen atoms in total. The number of rotatable bonds is 5. The molecule has 84 valence electrons. The second-order valence-electron chi connectivity index (χ2n) is 3.71. The van der Waals surface area contributed by atoms with Crippen LogP contribution in [0, 0.1) is 0 Å². The molecule has 0 aliphatic carbocycles. The maximum atomic E-state index is 5.64. The van der Waals surface area contributed by atoms with Crippen LogP contribution in [0.15, 0.2) is 47.1 Å². The van der Waals surface area contributed by atoms with Gasteiger partial charge in [-0.15, -0.1) is 0 Å². The molecular weight excluding hydrogens is 200 g/mol. The zero-order chi connectivity index (χ0) is 11.2. The van der Waals surface area contributed by atoms with Crippen molar-refractivity contribution in [2.24, 2.45) is 0 Å². The molecule has 1 aromatic heterocycles. The molecule has 0 spiro atoms. The van der Waals surface area contributed by atoms with Gasteiger partial charge in [-0.3, -0.25) is 0 Å². The van der Waals surface area contributed by atoms with Crippen molar-refractivity contribution < 1.29 is 9.15 Å². The van der Waals surface area contributed by atoms with Crippen molar-refractivity contribution in [3.8, 4) is 17.1 Å². The number of hydrogen-bond donors (Lipinski definition) is 0. The quantitative estimate of drug-likeness (QED) is 0.701. The smallest absolute Gasteiger partial charge is 0.133 e. The van der Waals surface area contributed by atoms with Gasteiger partial charge in [-0.1, -0.05) is 25.5 Å². The van der Waals surface area contributed by atoms with Crippen LogP contribution in [0.25, 0.3) is 11.3 Å². The molecule has 0 N–H and O–H groups in total. The van der Waals surface area contributed by atoms with Crippen LogP contribution in [-0.2, 0) is 0 Å². The summed E-state index contributed by atoms with van der Waals surface area (Å²) in [5.74, 6) is 1.78. The van der Waals surface area contributed by atoms with Crippen molar-refractivity contribution in [2.45, 2.75) is 19.8 Å². The van der Waals surface area contributed by atoms with Gasteiger partial charge in [0.05, 0.1) is 12.9 Å². The Labute approximate surface area is 95.9 Å². The van der Waals surface area contributed by atoms with Gasteiger partial charge in [0, 0.05) is 5.56 Å². The third kappa shape index (κ3) is 2.66. The number of furan rings is 1. The first kappa shape index (κ1) is 10.8. The molecule has 0 fully saturated rings. The van der Waals surface area contributed by atoms with Gasteiger partial charge in [-0.2, -0.15) is 0 Å². The van der Waals surface area contributed by atoms with E-state index < -0.39 is 0 Å². The monoisotopic (exact) mass is 216 g/mol. The molecule has 0 bridgehead atoms. The fourth-order valence-corrected chi connectivity index (χ4v) is 1.52. The zero-order valence-electron chi connectivity index (χ0n) is 9.48. The molecule has 0 radical (unpaired) electrons. The van der Waals surface area contributed by atoms with E-state index in [0.29, 0.717) is 0 Å². The van der Waals surface area contributed by atoms with Gasteiger partial charge >= 0.3 is 0 Å². The summed E-state index contributed by atoms with van der Waals surface area (Å²) in [6.07, 6.45) is 3.92. The predicted molar refractivity (Wildman–Crippen MR) is 64.5 cm³/mol. The van der Waals surface area contributed by atoms with E-state index in [1.807, 2.05) is 36.4 Å². The molecule has 0 atom stereocenters. The highest BCUT2D eigenvalue weighted by Crippen LogP contribution is 2.24. The van der Waals surface area contributed by atoms with Crippen molar-refractivity contribution in [1.82, 2.24) is 0 Å². The lowest BCUT2D eigenvalue weighted by Gasteiger charge is -2.06. The van der Waals surface area contributed by atoms with Gasteiger partial charge in [-0.25, -0.2) is 0 Å². The first-order chi connectivity index (χ1) is 7.90. The molecule has 0 aliphatic heterocycles. The minimum atomic E-state index is 0.776. The van der Waals surface area contributed by atoms with Crippen LogP contribution in [0.4, 0.5) is 0 Å². The number of hydrogen-bond acceptors (Lipinski definition) is 2. The maximum Gasteiger partial charge on any atom is 0.133 e. The minimum Gasteiger partial charge on any atom is -0.494 e. The van der Waals surface area contributed by atoms with E-state index in [0.717, 1.165) is 36.5 Å². The standard InChI is InChI=1S/C14H16O2/c1-2-3-9-15-13-7-4-6-12(11-13)14-8-5-10-16-14/h4-8,10-11H,2-3,9H2,1H3. The minimum absolute atomic E-state index is 0.776. The first-order valence-electron chi connectivity index (χ1n) is 5.67. The topological polar surface area (TPSA) is 22.4 Å². The highest BCUT2D eigenvalue weighted by molar-refractivity contribution is 5.59. The Morgan fingerprint density at radius 3 is 2.88 bits per heavy atom. The van der Waals surface area contributed by atoms with Crippen LogP contribution in [0.5, 0.6) is 5.75 Å². The van der Waals surface area contributed by atoms with Crippen LogP contribution in [0.3, 0.4) is 0 Å². The molecule has 2 rings (SSSR count). The van der Waals surface area contributed by atoms with Crippen LogP contribution >= 0.6 is 0 Å². The van der Waals surface area contributed by atoms with Crippen molar-refractivity contribution >= 4 is 0 Å². The Morgan fingerprint density at radius 2 is 2.12 bits per heavy atom. The van der Waals surface area contributed by atoms with E-state index in [9.17, 15) is 0 Å². The van der Waals surface area contributed by atoms with Crippen LogP contribution in [0.2, 0.25) is 0 Å². The summed E-state index contributed by atoms with van der Waals surface area (Å²) < 4.78 is 11.0. The maximum absolute atomic E-state index is 5.64. The summed E-state index contributed by atoms with van der Waals surface area (Å²) in [7, 11) is 0. The molecule has 0 unspecified atom stereocenters. The Hall–Kier alpha value is -1.70. The number of unbranched alkanes of at least 4 members (excludes halogenated alkanes) is 1. The average Bonchev–Trinajstić information content (AvgIpc) is 2.83. The van der Waals surface area contributed by atoms with Gasteiger partial charge in [-0.05, 0) is 30.7 Å². The van der Waals surface area contributed by atoms with Crippen molar-refractivity contribution in [3.05, 3.63) is 42.7 Å². The largest absolute Gasteiger partial charge is 0.494 e. The Morgan fingerprint density at radius 1 is 1.19 bits per heavy atom. The second kappa shape index (κ2) is 5.40. The summed E-state index contributed by atoms with van der Waals surface area (Å²) in [5, 5.41) is 0. The lowest BCUT2D eigenvalue weighted by molar-refractivity contribution is 0.309. The van der Waals surface area contributed by atoms with Gasteiger partial charge in [0.2, 0.25) is 0 Å². The lowest BCUT2D eigenvalue weighted by Crippen LogP contribution is -1.96. The van der Waals surface area contributed by atoms with E-state index in [2.05, 4.69) is 6.92 Å². The fourth-order valence-electron chi connectivity index (χ4n) is 1.52. The van der Waals surface area contributed by atoms with E-state index in [-0.39, 0.29) is 0 Å². The molecule has 0 aliphatic rings. The summed E-state index contributed by atoms with van der Waals surface area (Å²) in [4.78, 5) is 0. The predicted octanol–water partition coefficient (Wildman–Crippen LogP) is 4.13. The molecule has 0 amide bonds. The van der Waals surface area contributed by atoms with Crippen molar-refractivity contribution in [2.75, 3.05) is 6.61 Å². The van der Waals surface area contributed by atoms with Crippen LogP contribution < -0.4 is 4.74 Å². The van der Waals surface area contributed by atoms with E-state index in [1.54, 1.807) is 6.26 Å². The van der Waals surface area contributed by atoms with Crippen molar-refractivity contribution in [1.29, 1.82) is 0 Å². The van der Waals surface area contributed by atoms with E-state index in [1.165, 1.54) is 0 Å². The molecular formula is C14H16O2. The average molecular weight is 216 g/mol. The van der Waals surface area contributed by atoms with E-state index >= 15 is 0 Å². The summed E-state index contributed by atoms with van der Waals surface area (Å²) in [5.41, 5.74) is 1.05. The Bertz CT molecular complexity index is 418. The zero-order valence-corrected chi connectivity index (χ0v) is 9.48. The first-order valence-corrected chi connectivity index (χ1v) is 5.67. The van der Waals surface area contributed by atoms with Crippen molar-refractivity contribution in [3.63, 3.8) is 0 Å². The molecule has 0 saturated carbocycles. The van der Waals surface area contributed by atoms with E-state index in [4.69, 9.17) is 9.15 Å². The SMILES string of the molecule is CCCCOc1cccc(-c2ccco2)c1. The number of ether oxygens (including phenoxy) is 1. The molecule has 16 heavy (non-hydrogen) atoms. The van der Waals surface area contributed by atoms with Gasteiger partial charge in [0.15, 0.2) is 0 Å². The summed E-state index contributed by atoms with van der Waals surface area (Å²) >= 11 is 0. The molecule has 2 aromatic rings. The van der Waals surface area contributed by atoms with Gasteiger partial charge in [0.25, 0.3) is 0 Å². The van der Waals surface area contributed by atoms with Gasteiger partial charge in [0.1, 0.15) is 11.5 Å². The normalized spacial score (nSPS) is 10.3. The molecule has 2 heteroatoms. The lowest BCUT2D eigenvalue weighted by atomic mass is 10.1. The third-order valence-corrected chi connectivity index (χ3v) is 2.41.